The maximum atomic E-state index is 3.73. The molecule has 3 heteroatoms. The van der Waals surface area contributed by atoms with Gasteiger partial charge in [0.15, 0.2) is 0 Å². The highest BCUT2D eigenvalue weighted by Gasteiger charge is 2.33. The molecular weight excluding hydrogens is 347 g/mol. The predicted octanol–water partition coefficient (Wildman–Crippen LogP) is 3.64. The molecule has 1 fully saturated rings. The highest BCUT2D eigenvalue weighted by Crippen LogP contribution is 2.22. The second-order valence-electron chi connectivity index (χ2n) is 5.89. The summed E-state index contributed by atoms with van der Waals surface area (Å²) in [5.74, 6) is 0. The molecule has 0 spiro atoms. The molecule has 0 bridgehead atoms. The molecule has 1 aliphatic heterocycles. The van der Waals surface area contributed by atoms with Crippen LogP contribution < -0.4 is 5.32 Å². The van der Waals surface area contributed by atoms with Crippen LogP contribution in [0.25, 0.3) is 0 Å². The van der Waals surface area contributed by atoms with Crippen LogP contribution in [0.5, 0.6) is 0 Å². The summed E-state index contributed by atoms with van der Waals surface area (Å²) in [5, 5.41) is 3.73. The first-order valence-corrected chi connectivity index (χ1v) is 8.37. The Morgan fingerprint density at radius 2 is 2.00 bits per heavy atom. The van der Waals surface area contributed by atoms with Crippen LogP contribution in [0.3, 0.4) is 0 Å². The van der Waals surface area contributed by atoms with Crippen molar-refractivity contribution in [2.75, 3.05) is 13.1 Å². The molecule has 0 amide bonds. The molecule has 1 aromatic rings. The normalized spacial score (nSPS) is 28.5. The van der Waals surface area contributed by atoms with Crippen LogP contribution in [-0.2, 0) is 6.54 Å². The minimum atomic E-state index is 0.273. The van der Waals surface area contributed by atoms with Crippen molar-refractivity contribution < 1.29 is 0 Å². The Morgan fingerprint density at radius 3 is 2.58 bits per heavy atom. The lowest BCUT2D eigenvalue weighted by Gasteiger charge is -2.46. The zero-order chi connectivity index (χ0) is 13.9. The summed E-state index contributed by atoms with van der Waals surface area (Å²) in [7, 11) is 0. The molecule has 106 valence electrons. The van der Waals surface area contributed by atoms with E-state index in [0.29, 0.717) is 6.04 Å². The Balaban J connectivity index is 2.08. The Bertz CT molecular complexity index is 404. The zero-order valence-electron chi connectivity index (χ0n) is 12.2. The molecule has 19 heavy (non-hydrogen) atoms. The lowest BCUT2D eigenvalue weighted by molar-refractivity contribution is 0.0755. The maximum absolute atomic E-state index is 3.73. The Labute approximate surface area is 131 Å². The fourth-order valence-electron chi connectivity index (χ4n) is 2.78. The molecule has 0 aromatic heterocycles. The van der Waals surface area contributed by atoms with E-state index in [1.54, 1.807) is 0 Å². The SMILES string of the molecule is CCC1CNC(C)(CC)CN1Cc1ccc(I)cc1. The summed E-state index contributed by atoms with van der Waals surface area (Å²) in [6, 6.07) is 9.61. The van der Waals surface area contributed by atoms with Gasteiger partial charge >= 0.3 is 0 Å². The summed E-state index contributed by atoms with van der Waals surface area (Å²) in [6.07, 6.45) is 2.41. The number of hydrogen-bond donors (Lipinski definition) is 1. The molecule has 0 aliphatic carbocycles. The van der Waals surface area contributed by atoms with Crippen molar-refractivity contribution in [3.63, 3.8) is 0 Å². The smallest absolute Gasteiger partial charge is 0.0278 e. The Morgan fingerprint density at radius 1 is 1.32 bits per heavy atom. The van der Waals surface area contributed by atoms with E-state index in [9.17, 15) is 0 Å². The van der Waals surface area contributed by atoms with Gasteiger partial charge in [-0.15, -0.1) is 0 Å². The topological polar surface area (TPSA) is 15.3 Å². The fourth-order valence-corrected chi connectivity index (χ4v) is 3.13. The van der Waals surface area contributed by atoms with Gasteiger partial charge < -0.3 is 5.32 Å². The second-order valence-corrected chi connectivity index (χ2v) is 7.13. The minimum Gasteiger partial charge on any atom is -0.309 e. The van der Waals surface area contributed by atoms with Crippen LogP contribution in [0.4, 0.5) is 0 Å². The van der Waals surface area contributed by atoms with E-state index in [-0.39, 0.29) is 5.54 Å². The third kappa shape index (κ3) is 3.92. The van der Waals surface area contributed by atoms with Crippen LogP contribution in [0, 0.1) is 3.57 Å². The van der Waals surface area contributed by atoms with E-state index >= 15 is 0 Å². The number of nitrogens with zero attached hydrogens (tertiary/aromatic N) is 1. The summed E-state index contributed by atoms with van der Waals surface area (Å²) in [4.78, 5) is 2.65. The van der Waals surface area contributed by atoms with Gasteiger partial charge in [0.2, 0.25) is 0 Å². The van der Waals surface area contributed by atoms with Gasteiger partial charge in [-0.05, 0) is 60.1 Å². The maximum Gasteiger partial charge on any atom is 0.0278 e. The third-order valence-electron chi connectivity index (χ3n) is 4.38. The molecule has 1 N–H and O–H groups in total. The van der Waals surface area contributed by atoms with Gasteiger partial charge in [0, 0.05) is 34.8 Å². The van der Waals surface area contributed by atoms with Crippen molar-refractivity contribution >= 4 is 22.6 Å². The summed E-state index contributed by atoms with van der Waals surface area (Å²) in [6.45, 7) is 10.3. The van der Waals surface area contributed by atoms with Crippen LogP contribution >= 0.6 is 22.6 Å². The molecule has 1 saturated heterocycles. The summed E-state index contributed by atoms with van der Waals surface area (Å²) in [5.41, 5.74) is 1.70. The molecular formula is C16H25IN2. The van der Waals surface area contributed by atoms with E-state index in [2.05, 4.69) is 77.8 Å². The van der Waals surface area contributed by atoms with E-state index in [4.69, 9.17) is 0 Å². The lowest BCUT2D eigenvalue weighted by Crippen LogP contribution is -2.62. The van der Waals surface area contributed by atoms with Crippen LogP contribution in [-0.4, -0.2) is 29.6 Å². The molecule has 2 rings (SSSR count). The zero-order valence-corrected chi connectivity index (χ0v) is 14.4. The van der Waals surface area contributed by atoms with Gasteiger partial charge in [-0.2, -0.15) is 0 Å². The van der Waals surface area contributed by atoms with Gasteiger partial charge in [-0.1, -0.05) is 26.0 Å². The Hall–Kier alpha value is -0.130. The van der Waals surface area contributed by atoms with Gasteiger partial charge in [0.1, 0.15) is 0 Å². The van der Waals surface area contributed by atoms with Crippen molar-refractivity contribution in [1.29, 1.82) is 0 Å². The van der Waals surface area contributed by atoms with Gasteiger partial charge in [-0.25, -0.2) is 0 Å². The predicted molar refractivity (Wildman–Crippen MR) is 90.3 cm³/mol. The number of nitrogens with one attached hydrogen (secondary N) is 1. The van der Waals surface area contributed by atoms with Gasteiger partial charge in [-0.3, -0.25) is 4.90 Å². The van der Waals surface area contributed by atoms with Crippen LogP contribution in [0.15, 0.2) is 24.3 Å². The van der Waals surface area contributed by atoms with Gasteiger partial charge in [0.25, 0.3) is 0 Å². The second kappa shape index (κ2) is 6.55. The van der Waals surface area contributed by atoms with Crippen molar-refractivity contribution in [2.45, 2.75) is 51.7 Å². The van der Waals surface area contributed by atoms with Crippen molar-refractivity contribution in [3.05, 3.63) is 33.4 Å². The molecule has 2 nitrogen and oxygen atoms in total. The lowest BCUT2D eigenvalue weighted by atomic mass is 9.92. The quantitative estimate of drug-likeness (QED) is 0.812. The number of hydrogen-bond acceptors (Lipinski definition) is 2. The van der Waals surface area contributed by atoms with E-state index in [1.807, 2.05) is 0 Å². The standard InChI is InChI=1S/C16H25IN2/c1-4-15-10-18-16(3,5-2)12-19(15)11-13-6-8-14(17)9-7-13/h6-9,15,18H,4-5,10-12H2,1-3H3. The molecule has 0 saturated carbocycles. The van der Waals surface area contributed by atoms with Crippen molar-refractivity contribution in [2.24, 2.45) is 0 Å². The number of benzene rings is 1. The first-order valence-electron chi connectivity index (χ1n) is 7.30. The van der Waals surface area contributed by atoms with Crippen LogP contribution in [0.1, 0.15) is 39.2 Å². The first-order chi connectivity index (χ1) is 9.06. The average Bonchev–Trinajstić information content (AvgIpc) is 2.42. The molecule has 1 aliphatic rings. The first kappa shape index (κ1) is 15.3. The number of piperazine rings is 1. The monoisotopic (exact) mass is 372 g/mol. The van der Waals surface area contributed by atoms with E-state index in [1.165, 1.54) is 22.0 Å². The average molecular weight is 372 g/mol. The summed E-state index contributed by atoms with van der Waals surface area (Å²) < 4.78 is 1.31. The number of rotatable bonds is 4. The van der Waals surface area contributed by atoms with Gasteiger partial charge in [0.05, 0.1) is 0 Å². The molecule has 1 heterocycles. The van der Waals surface area contributed by atoms with Crippen LogP contribution in [0.2, 0.25) is 0 Å². The number of halogens is 1. The van der Waals surface area contributed by atoms with Crippen molar-refractivity contribution in [3.8, 4) is 0 Å². The van der Waals surface area contributed by atoms with E-state index in [0.717, 1.165) is 19.6 Å². The molecule has 2 unspecified atom stereocenters. The summed E-state index contributed by atoms with van der Waals surface area (Å²) >= 11 is 2.37. The fraction of sp³-hybridized carbons (Fsp3) is 0.625. The highest BCUT2D eigenvalue weighted by atomic mass is 127. The van der Waals surface area contributed by atoms with E-state index < -0.39 is 0 Å². The molecule has 1 aromatic carbocycles. The molecule has 0 radical (unpaired) electrons. The van der Waals surface area contributed by atoms with Crippen molar-refractivity contribution in [1.82, 2.24) is 10.2 Å². The highest BCUT2D eigenvalue weighted by molar-refractivity contribution is 14.1. The largest absolute Gasteiger partial charge is 0.309 e. The third-order valence-corrected chi connectivity index (χ3v) is 5.10. The minimum absolute atomic E-state index is 0.273. The molecule has 2 atom stereocenters. The Kier molecular flexibility index (Phi) is 5.26.